The zero-order valence-corrected chi connectivity index (χ0v) is 10.5. The van der Waals surface area contributed by atoms with Crippen molar-refractivity contribution in [1.82, 2.24) is 10.2 Å². The minimum atomic E-state index is -0.518. The van der Waals surface area contributed by atoms with Crippen molar-refractivity contribution in [1.29, 1.82) is 0 Å². The van der Waals surface area contributed by atoms with Gasteiger partial charge in [0.1, 0.15) is 6.10 Å². The molecule has 0 saturated heterocycles. The number of hydrogen-bond acceptors (Lipinski definition) is 4. The maximum absolute atomic E-state index is 11.8. The van der Waals surface area contributed by atoms with E-state index in [1.165, 1.54) is 12.1 Å². The lowest BCUT2D eigenvalue weighted by molar-refractivity contribution is 0.0329. The van der Waals surface area contributed by atoms with E-state index in [0.29, 0.717) is 0 Å². The van der Waals surface area contributed by atoms with Gasteiger partial charge in [0.2, 0.25) is 0 Å². The largest absolute Gasteiger partial charge is 0.453 e. The third-order valence-electron chi connectivity index (χ3n) is 2.39. The average molecular weight is 263 g/mol. The van der Waals surface area contributed by atoms with Crippen molar-refractivity contribution in [3.63, 3.8) is 0 Å². The lowest BCUT2D eigenvalue weighted by atomic mass is 10.1. The smallest absolute Gasteiger partial charge is 0.359 e. The van der Waals surface area contributed by atoms with Crippen LogP contribution in [0.3, 0.4) is 0 Å². The fourth-order valence-corrected chi connectivity index (χ4v) is 1.54. The van der Waals surface area contributed by atoms with Gasteiger partial charge in [-0.1, -0.05) is 41.9 Å². The van der Waals surface area contributed by atoms with Gasteiger partial charge in [0.15, 0.2) is 10.8 Å². The Morgan fingerprint density at radius 2 is 1.89 bits per heavy atom. The SMILES string of the molecule is CC(OC(=O)c1ccc(Cl)nn1)c1ccccc1. The molecule has 5 heteroatoms. The second-order valence-corrected chi connectivity index (χ2v) is 4.09. The van der Waals surface area contributed by atoms with E-state index < -0.39 is 5.97 Å². The van der Waals surface area contributed by atoms with Gasteiger partial charge in [-0.15, -0.1) is 10.2 Å². The second kappa shape index (κ2) is 5.60. The zero-order chi connectivity index (χ0) is 13.0. The van der Waals surface area contributed by atoms with E-state index in [4.69, 9.17) is 16.3 Å². The van der Waals surface area contributed by atoms with Crippen LogP contribution in [0, 0.1) is 0 Å². The topological polar surface area (TPSA) is 52.1 Å². The highest BCUT2D eigenvalue weighted by molar-refractivity contribution is 6.29. The van der Waals surface area contributed by atoms with Crippen molar-refractivity contribution in [2.24, 2.45) is 0 Å². The second-order valence-electron chi connectivity index (χ2n) is 3.70. The van der Waals surface area contributed by atoms with Crippen LogP contribution in [-0.4, -0.2) is 16.2 Å². The first-order valence-corrected chi connectivity index (χ1v) is 5.80. The lowest BCUT2D eigenvalue weighted by Gasteiger charge is -2.12. The number of nitrogens with zero attached hydrogens (tertiary/aromatic N) is 2. The Labute approximate surface area is 110 Å². The van der Waals surface area contributed by atoms with Crippen molar-refractivity contribution < 1.29 is 9.53 Å². The Bertz CT molecular complexity index is 528. The van der Waals surface area contributed by atoms with E-state index in [1.807, 2.05) is 30.3 Å². The van der Waals surface area contributed by atoms with E-state index in [0.717, 1.165) is 5.56 Å². The fraction of sp³-hybridized carbons (Fsp3) is 0.154. The maximum atomic E-state index is 11.8. The summed E-state index contributed by atoms with van der Waals surface area (Å²) in [4.78, 5) is 11.8. The molecule has 0 amide bonds. The molecule has 0 aliphatic heterocycles. The molecule has 1 atom stereocenters. The first kappa shape index (κ1) is 12.5. The van der Waals surface area contributed by atoms with Crippen LogP contribution < -0.4 is 0 Å². The Kier molecular flexibility index (Phi) is 3.89. The molecule has 4 nitrogen and oxygen atoms in total. The quantitative estimate of drug-likeness (QED) is 0.798. The van der Waals surface area contributed by atoms with Gasteiger partial charge in [0.05, 0.1) is 0 Å². The summed E-state index contributed by atoms with van der Waals surface area (Å²) in [5, 5.41) is 7.50. The number of aromatic nitrogens is 2. The molecule has 92 valence electrons. The summed E-state index contributed by atoms with van der Waals surface area (Å²) in [6.45, 7) is 1.80. The van der Waals surface area contributed by atoms with Gasteiger partial charge in [0, 0.05) is 0 Å². The van der Waals surface area contributed by atoms with Crippen molar-refractivity contribution in [3.05, 3.63) is 58.9 Å². The highest BCUT2D eigenvalue weighted by atomic mass is 35.5. The molecule has 0 radical (unpaired) electrons. The molecule has 0 spiro atoms. The summed E-state index contributed by atoms with van der Waals surface area (Å²) >= 11 is 5.59. The van der Waals surface area contributed by atoms with Gasteiger partial charge in [0.25, 0.3) is 0 Å². The number of halogens is 1. The molecular weight excluding hydrogens is 252 g/mol. The van der Waals surface area contributed by atoms with Crippen molar-refractivity contribution in [3.8, 4) is 0 Å². The lowest BCUT2D eigenvalue weighted by Crippen LogP contribution is -2.11. The van der Waals surface area contributed by atoms with Gasteiger partial charge < -0.3 is 4.74 Å². The molecule has 2 aromatic rings. The summed E-state index contributed by atoms with van der Waals surface area (Å²) in [5.74, 6) is -0.518. The summed E-state index contributed by atoms with van der Waals surface area (Å²) < 4.78 is 5.28. The molecule has 0 N–H and O–H groups in total. The first-order valence-electron chi connectivity index (χ1n) is 5.42. The highest BCUT2D eigenvalue weighted by Gasteiger charge is 2.14. The minimum absolute atomic E-state index is 0.141. The van der Waals surface area contributed by atoms with Gasteiger partial charge >= 0.3 is 5.97 Å². The molecule has 1 aromatic carbocycles. The molecule has 1 unspecified atom stereocenters. The summed E-state index contributed by atoms with van der Waals surface area (Å²) in [5.41, 5.74) is 1.06. The normalized spacial score (nSPS) is 11.9. The van der Waals surface area contributed by atoms with Crippen LogP contribution in [0.5, 0.6) is 0 Å². The Hall–Kier alpha value is -1.94. The monoisotopic (exact) mass is 262 g/mol. The standard InChI is InChI=1S/C13H11ClN2O2/c1-9(10-5-3-2-4-6-10)18-13(17)11-7-8-12(14)16-15-11/h2-9H,1H3. The molecule has 0 aliphatic carbocycles. The molecular formula is C13H11ClN2O2. The summed E-state index contributed by atoms with van der Waals surface area (Å²) in [6.07, 6.45) is -0.337. The predicted octanol–water partition coefficient (Wildman–Crippen LogP) is 3.05. The maximum Gasteiger partial charge on any atom is 0.359 e. The summed E-state index contributed by atoms with van der Waals surface area (Å²) in [7, 11) is 0. The number of esters is 1. The average Bonchev–Trinajstić information content (AvgIpc) is 2.40. The number of rotatable bonds is 3. The van der Waals surface area contributed by atoms with Crippen LogP contribution >= 0.6 is 11.6 Å². The minimum Gasteiger partial charge on any atom is -0.453 e. The fourth-order valence-electron chi connectivity index (χ4n) is 1.44. The van der Waals surface area contributed by atoms with Crippen molar-refractivity contribution in [2.45, 2.75) is 13.0 Å². The van der Waals surface area contributed by atoms with E-state index >= 15 is 0 Å². The zero-order valence-electron chi connectivity index (χ0n) is 9.71. The summed E-state index contributed by atoms with van der Waals surface area (Å²) in [6, 6.07) is 12.5. The van der Waals surface area contributed by atoms with Crippen LogP contribution in [0.15, 0.2) is 42.5 Å². The molecule has 2 rings (SSSR count). The molecule has 0 bridgehead atoms. The van der Waals surface area contributed by atoms with Crippen LogP contribution in [0.2, 0.25) is 5.15 Å². The number of hydrogen-bond donors (Lipinski definition) is 0. The Morgan fingerprint density at radius 1 is 1.17 bits per heavy atom. The Balaban J connectivity index is 2.06. The van der Waals surface area contributed by atoms with E-state index in [1.54, 1.807) is 6.92 Å². The molecule has 0 fully saturated rings. The van der Waals surface area contributed by atoms with Gasteiger partial charge in [-0.05, 0) is 24.6 Å². The molecule has 0 aliphatic rings. The van der Waals surface area contributed by atoms with E-state index in [9.17, 15) is 4.79 Å². The van der Waals surface area contributed by atoms with Crippen LogP contribution in [0.25, 0.3) is 0 Å². The third-order valence-corrected chi connectivity index (χ3v) is 2.60. The van der Waals surface area contributed by atoms with E-state index in [2.05, 4.69) is 10.2 Å². The first-order chi connectivity index (χ1) is 8.66. The van der Waals surface area contributed by atoms with E-state index in [-0.39, 0.29) is 17.0 Å². The van der Waals surface area contributed by atoms with Gasteiger partial charge in [-0.2, -0.15) is 0 Å². The predicted molar refractivity (Wildman–Crippen MR) is 67.3 cm³/mol. The van der Waals surface area contributed by atoms with Crippen LogP contribution in [0.1, 0.15) is 29.1 Å². The van der Waals surface area contributed by atoms with Gasteiger partial charge in [-0.25, -0.2) is 4.79 Å². The highest BCUT2D eigenvalue weighted by Crippen LogP contribution is 2.17. The number of carbonyl (C=O) groups excluding carboxylic acids is 1. The number of benzene rings is 1. The molecule has 0 saturated carbocycles. The van der Waals surface area contributed by atoms with Gasteiger partial charge in [-0.3, -0.25) is 0 Å². The van der Waals surface area contributed by atoms with Crippen LogP contribution in [-0.2, 0) is 4.74 Å². The van der Waals surface area contributed by atoms with Crippen molar-refractivity contribution >= 4 is 17.6 Å². The Morgan fingerprint density at radius 3 is 2.50 bits per heavy atom. The molecule has 18 heavy (non-hydrogen) atoms. The van der Waals surface area contributed by atoms with Crippen LogP contribution in [0.4, 0.5) is 0 Å². The third kappa shape index (κ3) is 3.05. The molecule has 1 heterocycles. The van der Waals surface area contributed by atoms with Crippen molar-refractivity contribution in [2.75, 3.05) is 0 Å². The number of ether oxygens (including phenoxy) is 1. The molecule has 1 aromatic heterocycles. The number of carbonyl (C=O) groups is 1.